The van der Waals surface area contributed by atoms with Crippen LogP contribution in [0.3, 0.4) is 0 Å². The number of aryl methyl sites for hydroxylation is 2. The van der Waals surface area contributed by atoms with Gasteiger partial charge >= 0.3 is 0 Å². The highest BCUT2D eigenvalue weighted by atomic mass is 16.5. The molecule has 0 aliphatic rings. The van der Waals surface area contributed by atoms with Crippen molar-refractivity contribution in [1.29, 1.82) is 0 Å². The zero-order valence-electron chi connectivity index (χ0n) is 12.3. The summed E-state index contributed by atoms with van der Waals surface area (Å²) >= 11 is 0. The molecule has 2 rings (SSSR count). The Hall–Kier alpha value is -1.85. The molecule has 1 heterocycles. The topological polar surface area (TPSA) is 65.1 Å². The number of para-hydroxylation sites is 1. The van der Waals surface area contributed by atoms with Crippen LogP contribution in [0.1, 0.15) is 29.9 Å². The molecule has 0 saturated carbocycles. The maximum atomic E-state index is 5.73. The van der Waals surface area contributed by atoms with Crippen molar-refractivity contribution >= 4 is 0 Å². The first-order valence-corrected chi connectivity index (χ1v) is 6.80. The molecule has 1 atom stereocenters. The lowest BCUT2D eigenvalue weighted by molar-refractivity contribution is 0.398. The van der Waals surface area contributed by atoms with E-state index >= 15 is 0 Å². The van der Waals surface area contributed by atoms with Gasteiger partial charge in [-0.25, -0.2) is 0 Å². The van der Waals surface area contributed by atoms with E-state index in [9.17, 15) is 0 Å². The summed E-state index contributed by atoms with van der Waals surface area (Å²) in [7, 11) is 3.63. The molecule has 0 spiro atoms. The van der Waals surface area contributed by atoms with Gasteiger partial charge in [-0.15, -0.1) is 0 Å². The Morgan fingerprint density at radius 3 is 2.75 bits per heavy atom. The SMILES string of the molecule is CCc1cc(CC(NN)c2ccccc2OC)n(C)n1. The Kier molecular flexibility index (Phi) is 4.76. The van der Waals surface area contributed by atoms with Crippen molar-refractivity contribution in [2.75, 3.05) is 7.11 Å². The van der Waals surface area contributed by atoms with Crippen LogP contribution in [0.25, 0.3) is 0 Å². The molecule has 108 valence electrons. The minimum Gasteiger partial charge on any atom is -0.496 e. The minimum absolute atomic E-state index is 0.00810. The molecule has 1 aromatic heterocycles. The molecule has 5 heteroatoms. The van der Waals surface area contributed by atoms with Gasteiger partial charge in [0.2, 0.25) is 0 Å². The van der Waals surface area contributed by atoms with Crippen LogP contribution in [0.15, 0.2) is 30.3 Å². The number of aromatic nitrogens is 2. The molecule has 0 saturated heterocycles. The molecule has 20 heavy (non-hydrogen) atoms. The quantitative estimate of drug-likeness (QED) is 0.622. The highest BCUT2D eigenvalue weighted by Gasteiger charge is 2.17. The Labute approximate surface area is 119 Å². The molecule has 0 amide bonds. The van der Waals surface area contributed by atoms with Gasteiger partial charge < -0.3 is 4.74 Å². The van der Waals surface area contributed by atoms with Crippen LogP contribution in [-0.4, -0.2) is 16.9 Å². The third-order valence-electron chi connectivity index (χ3n) is 3.52. The average Bonchev–Trinajstić information content (AvgIpc) is 2.85. The molecule has 3 N–H and O–H groups in total. The fourth-order valence-corrected chi connectivity index (χ4v) is 2.36. The van der Waals surface area contributed by atoms with Crippen LogP contribution < -0.4 is 16.0 Å². The summed E-state index contributed by atoms with van der Waals surface area (Å²) in [5.41, 5.74) is 6.17. The molecular formula is C15H22N4O. The van der Waals surface area contributed by atoms with Gasteiger partial charge in [0, 0.05) is 24.7 Å². The Morgan fingerprint density at radius 2 is 2.15 bits per heavy atom. The smallest absolute Gasteiger partial charge is 0.123 e. The number of methoxy groups -OCH3 is 1. The summed E-state index contributed by atoms with van der Waals surface area (Å²) in [5.74, 6) is 6.57. The van der Waals surface area contributed by atoms with Crippen molar-refractivity contribution in [3.63, 3.8) is 0 Å². The van der Waals surface area contributed by atoms with E-state index in [1.807, 2.05) is 36.0 Å². The molecule has 2 aromatic rings. The number of hydrazine groups is 1. The number of nitrogens with one attached hydrogen (secondary N) is 1. The highest BCUT2D eigenvalue weighted by molar-refractivity contribution is 5.36. The van der Waals surface area contributed by atoms with Crippen LogP contribution in [0, 0.1) is 0 Å². The van der Waals surface area contributed by atoms with Gasteiger partial charge in [0.05, 0.1) is 18.8 Å². The lowest BCUT2D eigenvalue weighted by Crippen LogP contribution is -2.30. The predicted octanol–water partition coefficient (Wildman–Crippen LogP) is 1.74. The maximum absolute atomic E-state index is 5.73. The Bertz CT molecular complexity index is 565. The number of hydrogen-bond donors (Lipinski definition) is 2. The summed E-state index contributed by atoms with van der Waals surface area (Å²) in [6, 6.07) is 10.0. The molecule has 1 aromatic carbocycles. The number of nitrogens with two attached hydrogens (primary N) is 1. The third-order valence-corrected chi connectivity index (χ3v) is 3.52. The van der Waals surface area contributed by atoms with Crippen LogP contribution >= 0.6 is 0 Å². The predicted molar refractivity (Wildman–Crippen MR) is 79.3 cm³/mol. The van der Waals surface area contributed by atoms with Crippen molar-refractivity contribution in [1.82, 2.24) is 15.2 Å². The molecule has 0 bridgehead atoms. The second-order valence-electron chi connectivity index (χ2n) is 4.77. The summed E-state index contributed by atoms with van der Waals surface area (Å²) in [4.78, 5) is 0. The van der Waals surface area contributed by atoms with Crippen molar-refractivity contribution in [3.05, 3.63) is 47.3 Å². The first-order chi connectivity index (χ1) is 9.69. The van der Waals surface area contributed by atoms with E-state index in [1.165, 1.54) is 0 Å². The second kappa shape index (κ2) is 6.54. The standard InChI is InChI=1S/C15H22N4O/c1-4-11-9-12(19(2)18-11)10-14(17-16)13-7-5-6-8-15(13)20-3/h5-9,14,17H,4,10,16H2,1-3H3. The normalized spacial score (nSPS) is 12.4. The number of nitrogens with zero attached hydrogens (tertiary/aromatic N) is 2. The number of ether oxygens (including phenoxy) is 1. The van der Waals surface area contributed by atoms with Gasteiger partial charge in [0.25, 0.3) is 0 Å². The molecule has 0 aliphatic carbocycles. The summed E-state index contributed by atoms with van der Waals surface area (Å²) in [5, 5.41) is 4.47. The van der Waals surface area contributed by atoms with Crippen LogP contribution in [0.4, 0.5) is 0 Å². The van der Waals surface area contributed by atoms with E-state index < -0.39 is 0 Å². The van der Waals surface area contributed by atoms with Crippen LogP contribution in [0.2, 0.25) is 0 Å². The lowest BCUT2D eigenvalue weighted by Gasteiger charge is -2.19. The minimum atomic E-state index is -0.00810. The van der Waals surface area contributed by atoms with Crippen LogP contribution in [-0.2, 0) is 19.9 Å². The summed E-state index contributed by atoms with van der Waals surface area (Å²) in [6.45, 7) is 2.10. The third kappa shape index (κ3) is 3.00. The van der Waals surface area contributed by atoms with E-state index in [2.05, 4.69) is 23.5 Å². The molecule has 1 unspecified atom stereocenters. The number of hydrogen-bond acceptors (Lipinski definition) is 4. The molecule has 0 radical (unpaired) electrons. The fraction of sp³-hybridized carbons (Fsp3) is 0.400. The average molecular weight is 274 g/mol. The van der Waals surface area contributed by atoms with Gasteiger partial charge in [-0.1, -0.05) is 25.1 Å². The fourth-order valence-electron chi connectivity index (χ4n) is 2.36. The second-order valence-corrected chi connectivity index (χ2v) is 4.77. The van der Waals surface area contributed by atoms with Gasteiger partial charge in [-0.2, -0.15) is 5.10 Å². The van der Waals surface area contributed by atoms with E-state index in [0.717, 1.165) is 35.5 Å². The number of benzene rings is 1. The zero-order valence-corrected chi connectivity index (χ0v) is 12.3. The first-order valence-electron chi connectivity index (χ1n) is 6.80. The highest BCUT2D eigenvalue weighted by Crippen LogP contribution is 2.27. The zero-order chi connectivity index (χ0) is 14.5. The van der Waals surface area contributed by atoms with Crippen LogP contribution in [0.5, 0.6) is 5.75 Å². The molecule has 5 nitrogen and oxygen atoms in total. The van der Waals surface area contributed by atoms with Crippen molar-refractivity contribution in [3.8, 4) is 5.75 Å². The van der Waals surface area contributed by atoms with Gasteiger partial charge in [-0.3, -0.25) is 16.0 Å². The largest absolute Gasteiger partial charge is 0.496 e. The van der Waals surface area contributed by atoms with Crippen molar-refractivity contribution < 1.29 is 4.74 Å². The Morgan fingerprint density at radius 1 is 1.40 bits per heavy atom. The van der Waals surface area contributed by atoms with E-state index in [4.69, 9.17) is 10.6 Å². The first kappa shape index (κ1) is 14.6. The van der Waals surface area contributed by atoms with Gasteiger partial charge in [0.15, 0.2) is 0 Å². The van der Waals surface area contributed by atoms with E-state index in [-0.39, 0.29) is 6.04 Å². The Balaban J connectivity index is 2.26. The van der Waals surface area contributed by atoms with E-state index in [0.29, 0.717) is 0 Å². The van der Waals surface area contributed by atoms with Crippen molar-refractivity contribution in [2.24, 2.45) is 12.9 Å². The molecule has 0 aliphatic heterocycles. The van der Waals surface area contributed by atoms with Gasteiger partial charge in [0.1, 0.15) is 5.75 Å². The molecular weight excluding hydrogens is 252 g/mol. The monoisotopic (exact) mass is 274 g/mol. The van der Waals surface area contributed by atoms with Gasteiger partial charge in [-0.05, 0) is 18.6 Å². The summed E-state index contributed by atoms with van der Waals surface area (Å²) in [6.07, 6.45) is 1.70. The number of rotatable bonds is 6. The van der Waals surface area contributed by atoms with E-state index in [1.54, 1.807) is 7.11 Å². The lowest BCUT2D eigenvalue weighted by atomic mass is 10.0. The molecule has 0 fully saturated rings. The van der Waals surface area contributed by atoms with Crippen molar-refractivity contribution in [2.45, 2.75) is 25.8 Å². The maximum Gasteiger partial charge on any atom is 0.123 e. The summed E-state index contributed by atoms with van der Waals surface area (Å²) < 4.78 is 7.32.